The van der Waals surface area contributed by atoms with Crippen LogP contribution >= 0.6 is 0 Å². The van der Waals surface area contributed by atoms with E-state index in [0.717, 1.165) is 85.3 Å². The van der Waals surface area contributed by atoms with Crippen molar-refractivity contribution in [1.82, 2.24) is 0 Å². The van der Waals surface area contributed by atoms with E-state index in [0.29, 0.717) is 0 Å². The third kappa shape index (κ3) is 4.84. The summed E-state index contributed by atoms with van der Waals surface area (Å²) in [5, 5.41) is 20.7. The second-order valence-corrected chi connectivity index (χ2v) is 18.5. The van der Waals surface area contributed by atoms with Crippen LogP contribution in [0.15, 0.2) is 109 Å². The van der Waals surface area contributed by atoms with E-state index in [9.17, 15) is 10.2 Å². The van der Waals surface area contributed by atoms with Crippen molar-refractivity contribution < 1.29 is 29.2 Å². The topological polar surface area (TPSA) is 87.1 Å². The van der Waals surface area contributed by atoms with Gasteiger partial charge in [0.25, 0.3) is 0 Å². The number of aliphatic hydroxyl groups is 2. The fourth-order valence-electron chi connectivity index (χ4n) is 7.63. The van der Waals surface area contributed by atoms with Gasteiger partial charge in [-0.25, -0.2) is 0 Å². The molecule has 3 aliphatic heterocycles. The molecule has 0 saturated heterocycles. The molecule has 10 heteroatoms. The molecular formula is C42H36N3O6Sb. The molecule has 3 aliphatic rings. The summed E-state index contributed by atoms with van der Waals surface area (Å²) in [6, 6.07) is 37.2. The minimum absolute atomic E-state index is 0.0436. The molecule has 0 unspecified atom stereocenters. The summed E-state index contributed by atoms with van der Waals surface area (Å²) in [6.07, 6.45) is 0. The maximum atomic E-state index is 10.8. The van der Waals surface area contributed by atoms with Gasteiger partial charge in [0, 0.05) is 0 Å². The minimum atomic E-state index is -2.93. The van der Waals surface area contributed by atoms with Crippen LogP contribution in [0.25, 0.3) is 0 Å². The average molecular weight is 801 g/mol. The predicted octanol–water partition coefficient (Wildman–Crippen LogP) is 6.57. The molecule has 9 nitrogen and oxygen atoms in total. The molecule has 0 fully saturated rings. The van der Waals surface area contributed by atoms with Crippen LogP contribution in [0, 0.1) is 0 Å². The van der Waals surface area contributed by atoms with Gasteiger partial charge in [0.15, 0.2) is 0 Å². The summed E-state index contributed by atoms with van der Waals surface area (Å²) in [7, 11) is 6.77. The molecule has 6 aromatic carbocycles. The third-order valence-electron chi connectivity index (χ3n) is 10.0. The van der Waals surface area contributed by atoms with Gasteiger partial charge in [0.1, 0.15) is 0 Å². The Morgan fingerprint density at radius 3 is 1.02 bits per heavy atom. The molecule has 2 N–H and O–H groups in total. The number of nitrogens with zero attached hydrogens (tertiary/aromatic N) is 3. The van der Waals surface area contributed by atoms with E-state index in [-0.39, 0.29) is 13.2 Å². The molecule has 9 rings (SSSR count). The molecule has 0 aromatic heterocycles. The number of rotatable bonds is 9. The van der Waals surface area contributed by atoms with E-state index in [4.69, 9.17) is 18.9 Å². The van der Waals surface area contributed by atoms with Gasteiger partial charge in [-0.1, -0.05) is 0 Å². The molecule has 0 atom stereocenters. The number of methoxy groups -OCH3 is 4. The Morgan fingerprint density at radius 2 is 0.712 bits per heavy atom. The van der Waals surface area contributed by atoms with Gasteiger partial charge >= 0.3 is 311 Å². The fraction of sp³-hybridized carbons (Fsp3) is 0.143. The normalized spacial score (nSPS) is 13.5. The summed E-state index contributed by atoms with van der Waals surface area (Å²) in [4.78, 5) is 6.96. The fourth-order valence-corrected chi connectivity index (χ4v) is 16.3. The van der Waals surface area contributed by atoms with E-state index in [2.05, 4.69) is 87.5 Å². The van der Waals surface area contributed by atoms with Crippen molar-refractivity contribution in [2.45, 2.75) is 13.2 Å². The number of aliphatic hydroxyl groups excluding tert-OH is 2. The Bertz CT molecular complexity index is 2010. The Labute approximate surface area is 309 Å². The number of ether oxygens (including phenoxy) is 4. The third-order valence-corrected chi connectivity index (χ3v) is 17.8. The molecule has 0 spiro atoms. The van der Waals surface area contributed by atoms with Crippen LogP contribution in [0.2, 0.25) is 0 Å². The molecule has 260 valence electrons. The maximum absolute atomic E-state index is 10.8. The molecular weight excluding hydrogens is 764 g/mol. The van der Waals surface area contributed by atoms with Crippen molar-refractivity contribution in [3.63, 3.8) is 0 Å². The first kappa shape index (κ1) is 32.6. The second-order valence-electron chi connectivity index (χ2n) is 12.7. The Hall–Kier alpha value is -5.34. The van der Waals surface area contributed by atoms with E-state index < -0.39 is 20.2 Å². The van der Waals surface area contributed by atoms with E-state index in [1.807, 2.05) is 36.4 Å². The van der Waals surface area contributed by atoms with Gasteiger partial charge in [-0.3, -0.25) is 0 Å². The van der Waals surface area contributed by atoms with Crippen molar-refractivity contribution >= 4 is 81.9 Å². The summed E-state index contributed by atoms with van der Waals surface area (Å²) >= 11 is -2.93. The van der Waals surface area contributed by atoms with Crippen molar-refractivity contribution in [2.24, 2.45) is 0 Å². The first-order valence-corrected chi connectivity index (χ1v) is 20.7. The summed E-state index contributed by atoms with van der Waals surface area (Å²) in [5.74, 6) is 3.01. The molecule has 6 aromatic rings. The van der Waals surface area contributed by atoms with Gasteiger partial charge in [-0.2, -0.15) is 0 Å². The van der Waals surface area contributed by atoms with Gasteiger partial charge < -0.3 is 0 Å². The Morgan fingerprint density at radius 1 is 0.404 bits per heavy atom. The molecule has 0 amide bonds. The monoisotopic (exact) mass is 799 g/mol. The zero-order chi connectivity index (χ0) is 35.7. The second kappa shape index (κ2) is 12.7. The standard InChI is InChI=1S/C42H36N3O6.Sb/c1-48-39-13-9-31(10-14-39)44-34-18-29(27-47)17-33(19-34)43(30-7-5-28(26-46)6-8-30)35-20-37(24-41(22-35)50-3)45(32-11-15-40(49-2)16-12-32)38-21-36(44)23-42(25-38)51-4;/h5-18,22-25,46-47H,26-27H2,1-4H3;. The van der Waals surface area contributed by atoms with Crippen molar-refractivity contribution in [2.75, 3.05) is 43.1 Å². The predicted molar refractivity (Wildman–Crippen MR) is 207 cm³/mol. The zero-order valence-electron chi connectivity index (χ0n) is 29.1. The summed E-state index contributed by atoms with van der Waals surface area (Å²) in [6.45, 7) is -0.166. The number of hydrogen-bond acceptors (Lipinski definition) is 9. The van der Waals surface area contributed by atoms with Crippen LogP contribution in [0.5, 0.6) is 23.0 Å². The van der Waals surface area contributed by atoms with Crippen LogP contribution in [-0.2, 0) is 13.2 Å². The van der Waals surface area contributed by atoms with E-state index >= 15 is 0 Å². The van der Waals surface area contributed by atoms with Crippen LogP contribution in [-0.4, -0.2) is 58.9 Å². The van der Waals surface area contributed by atoms with Crippen molar-refractivity contribution in [3.8, 4) is 23.0 Å². The molecule has 0 bridgehead atoms. The Kier molecular flexibility index (Phi) is 7.95. The van der Waals surface area contributed by atoms with Crippen molar-refractivity contribution in [1.29, 1.82) is 0 Å². The molecule has 0 saturated carbocycles. The van der Waals surface area contributed by atoms with Gasteiger partial charge in [-0.15, -0.1) is 0 Å². The van der Waals surface area contributed by atoms with Gasteiger partial charge in [0.05, 0.1) is 0 Å². The first-order valence-electron chi connectivity index (χ1n) is 16.9. The first-order chi connectivity index (χ1) is 25.5. The van der Waals surface area contributed by atoms with Crippen LogP contribution in [0.3, 0.4) is 0 Å². The average Bonchev–Trinajstić information content (AvgIpc) is 3.20. The molecule has 3 heterocycles. The SMILES string of the molecule is COc1ccc(N2c3cc(CO)cc4[c]3[Sb]3[c]5c(cc(OC)cc5N(c5ccc(OC)cc5)c5cc(OC)cc2[c]53)N4c2ccc(CO)cc2)cc1. The van der Waals surface area contributed by atoms with Crippen LogP contribution < -0.4 is 44.2 Å². The van der Waals surface area contributed by atoms with E-state index in [1.54, 1.807) is 28.4 Å². The van der Waals surface area contributed by atoms with Crippen molar-refractivity contribution in [3.05, 3.63) is 120 Å². The van der Waals surface area contributed by atoms with Crippen LogP contribution in [0.4, 0.5) is 51.2 Å². The Balaban J connectivity index is 1.44. The van der Waals surface area contributed by atoms with E-state index in [1.165, 1.54) is 10.5 Å². The van der Waals surface area contributed by atoms with Gasteiger partial charge in [0.2, 0.25) is 0 Å². The van der Waals surface area contributed by atoms with Gasteiger partial charge in [-0.05, 0) is 0 Å². The quantitative estimate of drug-likeness (QED) is 0.158. The number of benzene rings is 6. The molecule has 0 aliphatic carbocycles. The van der Waals surface area contributed by atoms with Crippen LogP contribution in [0.1, 0.15) is 11.1 Å². The summed E-state index contributed by atoms with van der Waals surface area (Å²) in [5.41, 5.74) is 10.9. The zero-order valence-corrected chi connectivity index (χ0v) is 31.7. The summed E-state index contributed by atoms with van der Waals surface area (Å²) < 4.78 is 27.2. The molecule has 0 radical (unpaired) electrons. The number of anilines is 9. The molecule has 52 heavy (non-hydrogen) atoms. The number of hydrogen-bond donors (Lipinski definition) is 2.